The molecule has 0 amide bonds. The fraction of sp³-hybridized carbons (Fsp3) is 0.235. The van der Waals surface area contributed by atoms with Crippen molar-refractivity contribution in [1.82, 2.24) is 9.71 Å². The minimum Gasteiger partial charge on any atom is -0.243 e. The first-order valence-corrected chi connectivity index (χ1v) is 11.0. The molecule has 2 unspecified atom stereocenters. The number of thiophene rings is 1. The first-order chi connectivity index (χ1) is 12.0. The van der Waals surface area contributed by atoms with E-state index >= 15 is 0 Å². The lowest BCUT2D eigenvalue weighted by Gasteiger charge is -2.03. The van der Waals surface area contributed by atoms with Gasteiger partial charge in [-0.3, -0.25) is 0 Å². The average Bonchev–Trinajstić information content (AvgIpc) is 3.03. The summed E-state index contributed by atoms with van der Waals surface area (Å²) in [6.45, 7) is 0.439. The highest BCUT2D eigenvalue weighted by Crippen LogP contribution is 2.48. The van der Waals surface area contributed by atoms with E-state index in [1.807, 2.05) is 11.4 Å². The molecule has 25 heavy (non-hydrogen) atoms. The molecule has 0 radical (unpaired) electrons. The van der Waals surface area contributed by atoms with Crippen LogP contribution in [-0.2, 0) is 10.0 Å². The van der Waals surface area contributed by atoms with Crippen LogP contribution in [0.1, 0.15) is 17.2 Å². The van der Waals surface area contributed by atoms with Crippen LogP contribution in [-0.4, -0.2) is 19.9 Å². The standard InChI is InChI=1S/C17H15FN2O2S3/c18-13-5-3-11(4-6-13)17-19-10-16(24-17)25(21,22)20-9-12-8-14(12)15-2-1-7-23-15/h1-7,10,12,14,20H,8-9H2. The van der Waals surface area contributed by atoms with Crippen molar-refractivity contribution >= 4 is 32.7 Å². The van der Waals surface area contributed by atoms with Gasteiger partial charge < -0.3 is 0 Å². The average molecular weight is 395 g/mol. The van der Waals surface area contributed by atoms with Gasteiger partial charge in [-0.25, -0.2) is 22.5 Å². The van der Waals surface area contributed by atoms with E-state index in [2.05, 4.69) is 15.8 Å². The monoisotopic (exact) mass is 394 g/mol. The SMILES string of the molecule is O=S(=O)(NCC1CC1c1cccs1)c1cnc(-c2ccc(F)cc2)s1. The molecule has 2 heterocycles. The van der Waals surface area contributed by atoms with Crippen LogP contribution in [0.25, 0.3) is 10.6 Å². The Bertz CT molecular complexity index is 966. The van der Waals surface area contributed by atoms with Gasteiger partial charge in [0.15, 0.2) is 4.21 Å². The number of sulfonamides is 1. The minimum absolute atomic E-state index is 0.181. The van der Waals surface area contributed by atoms with Crippen molar-refractivity contribution in [2.45, 2.75) is 16.5 Å². The molecule has 1 aromatic carbocycles. The van der Waals surface area contributed by atoms with E-state index < -0.39 is 10.0 Å². The third-order valence-electron chi connectivity index (χ3n) is 4.21. The van der Waals surface area contributed by atoms with Gasteiger partial charge in [-0.1, -0.05) is 6.07 Å². The van der Waals surface area contributed by atoms with Crippen molar-refractivity contribution in [3.05, 3.63) is 58.7 Å². The lowest BCUT2D eigenvalue weighted by atomic mass is 10.2. The molecule has 0 bridgehead atoms. The number of hydrogen-bond acceptors (Lipinski definition) is 5. The van der Waals surface area contributed by atoms with Crippen LogP contribution in [0.15, 0.2) is 52.2 Å². The van der Waals surface area contributed by atoms with Crippen LogP contribution in [0.5, 0.6) is 0 Å². The van der Waals surface area contributed by atoms with E-state index in [1.54, 1.807) is 23.5 Å². The highest BCUT2D eigenvalue weighted by molar-refractivity contribution is 7.91. The number of halogens is 1. The molecule has 1 saturated carbocycles. The summed E-state index contributed by atoms with van der Waals surface area (Å²) in [6.07, 6.45) is 2.38. The molecular formula is C17H15FN2O2S3. The predicted octanol–water partition coefficient (Wildman–Crippen LogP) is 4.09. The molecule has 130 valence electrons. The third-order valence-corrected chi connectivity index (χ3v) is 8.14. The van der Waals surface area contributed by atoms with Gasteiger partial charge in [0.05, 0.1) is 6.20 Å². The fourth-order valence-electron chi connectivity index (χ4n) is 2.72. The first kappa shape index (κ1) is 16.8. The van der Waals surface area contributed by atoms with Crippen LogP contribution >= 0.6 is 22.7 Å². The summed E-state index contributed by atoms with van der Waals surface area (Å²) in [6, 6.07) is 9.97. The second-order valence-corrected chi connectivity index (χ2v) is 9.96. The summed E-state index contributed by atoms with van der Waals surface area (Å²) in [5, 5.41) is 2.60. The van der Waals surface area contributed by atoms with Crippen molar-refractivity contribution in [3.8, 4) is 10.6 Å². The van der Waals surface area contributed by atoms with Crippen LogP contribution in [0, 0.1) is 11.7 Å². The maximum atomic E-state index is 13.0. The molecule has 4 rings (SSSR count). The molecule has 8 heteroatoms. The van der Waals surface area contributed by atoms with Crippen molar-refractivity contribution in [3.63, 3.8) is 0 Å². The van der Waals surface area contributed by atoms with Gasteiger partial charge >= 0.3 is 0 Å². The van der Waals surface area contributed by atoms with Crippen LogP contribution < -0.4 is 4.72 Å². The van der Waals surface area contributed by atoms with Gasteiger partial charge in [-0.05, 0) is 54.0 Å². The van der Waals surface area contributed by atoms with Crippen LogP contribution in [0.3, 0.4) is 0 Å². The number of nitrogens with zero attached hydrogens (tertiary/aromatic N) is 1. The highest BCUT2D eigenvalue weighted by Gasteiger charge is 2.39. The van der Waals surface area contributed by atoms with Gasteiger partial charge in [0, 0.05) is 17.0 Å². The minimum atomic E-state index is -3.57. The van der Waals surface area contributed by atoms with E-state index in [-0.39, 0.29) is 10.0 Å². The van der Waals surface area contributed by atoms with E-state index in [9.17, 15) is 12.8 Å². The molecule has 0 aliphatic heterocycles. The molecule has 4 nitrogen and oxygen atoms in total. The number of benzene rings is 1. The second kappa shape index (κ2) is 6.60. The zero-order valence-corrected chi connectivity index (χ0v) is 15.5. The van der Waals surface area contributed by atoms with Crippen molar-refractivity contribution in [2.24, 2.45) is 5.92 Å². The van der Waals surface area contributed by atoms with Gasteiger partial charge in [0.1, 0.15) is 10.8 Å². The Kier molecular flexibility index (Phi) is 4.45. The molecule has 3 aromatic rings. The Hall–Kier alpha value is -1.61. The molecule has 0 saturated heterocycles. The van der Waals surface area contributed by atoms with E-state index in [0.717, 1.165) is 17.8 Å². The highest BCUT2D eigenvalue weighted by atomic mass is 32.2. The summed E-state index contributed by atoms with van der Waals surface area (Å²) in [5.74, 6) is 0.497. The summed E-state index contributed by atoms with van der Waals surface area (Å²) >= 11 is 2.80. The molecule has 2 aromatic heterocycles. The number of hydrogen-bond donors (Lipinski definition) is 1. The lowest BCUT2D eigenvalue weighted by Crippen LogP contribution is -2.25. The summed E-state index contributed by atoms with van der Waals surface area (Å²) in [5.41, 5.74) is 0.702. The van der Waals surface area contributed by atoms with E-state index in [4.69, 9.17) is 0 Å². The number of aromatic nitrogens is 1. The molecule has 1 aliphatic carbocycles. The first-order valence-electron chi connectivity index (χ1n) is 7.78. The zero-order chi connectivity index (χ0) is 17.4. The largest absolute Gasteiger partial charge is 0.251 e. The zero-order valence-electron chi connectivity index (χ0n) is 13.1. The van der Waals surface area contributed by atoms with Crippen molar-refractivity contribution in [1.29, 1.82) is 0 Å². The molecule has 1 aliphatic rings. The molecule has 0 spiro atoms. The number of thiazole rings is 1. The lowest BCUT2D eigenvalue weighted by molar-refractivity contribution is 0.578. The van der Waals surface area contributed by atoms with Crippen molar-refractivity contribution in [2.75, 3.05) is 6.54 Å². The third kappa shape index (κ3) is 3.67. The van der Waals surface area contributed by atoms with E-state index in [0.29, 0.717) is 29.0 Å². The summed E-state index contributed by atoms with van der Waals surface area (Å²) in [7, 11) is -3.57. The Morgan fingerprint density at radius 2 is 2.04 bits per heavy atom. The number of rotatable bonds is 6. The van der Waals surface area contributed by atoms with Gasteiger partial charge in [0.25, 0.3) is 10.0 Å². The summed E-state index contributed by atoms with van der Waals surface area (Å²) in [4.78, 5) is 5.48. The van der Waals surface area contributed by atoms with E-state index in [1.165, 1.54) is 23.2 Å². The Morgan fingerprint density at radius 3 is 2.76 bits per heavy atom. The maximum absolute atomic E-state index is 13.0. The number of nitrogens with one attached hydrogen (secondary N) is 1. The predicted molar refractivity (Wildman–Crippen MR) is 97.9 cm³/mol. The van der Waals surface area contributed by atoms with Crippen molar-refractivity contribution < 1.29 is 12.8 Å². The Balaban J connectivity index is 1.42. The summed E-state index contributed by atoms with van der Waals surface area (Å²) < 4.78 is 40.8. The maximum Gasteiger partial charge on any atom is 0.251 e. The molecule has 2 atom stereocenters. The van der Waals surface area contributed by atoms with Gasteiger partial charge in [-0.2, -0.15) is 0 Å². The topological polar surface area (TPSA) is 59.1 Å². The fourth-order valence-corrected chi connectivity index (χ4v) is 5.93. The quantitative estimate of drug-likeness (QED) is 0.685. The Morgan fingerprint density at radius 1 is 1.24 bits per heavy atom. The molecular weight excluding hydrogens is 379 g/mol. The smallest absolute Gasteiger partial charge is 0.243 e. The van der Waals surface area contributed by atoms with Gasteiger partial charge in [-0.15, -0.1) is 22.7 Å². The Labute approximate surface area is 153 Å². The van der Waals surface area contributed by atoms with Crippen LogP contribution in [0.2, 0.25) is 0 Å². The normalized spacial score (nSPS) is 19.9. The van der Waals surface area contributed by atoms with Crippen LogP contribution in [0.4, 0.5) is 4.39 Å². The second-order valence-electron chi connectivity index (χ2n) is 5.96. The molecule has 1 N–H and O–H groups in total. The van der Waals surface area contributed by atoms with Gasteiger partial charge in [0.2, 0.25) is 0 Å². The molecule has 1 fully saturated rings.